The van der Waals surface area contributed by atoms with Crippen LogP contribution in [0.1, 0.15) is 5.56 Å². The molecule has 0 fully saturated rings. The Kier molecular flexibility index (Phi) is 4.37. The Morgan fingerprint density at radius 1 is 1.14 bits per heavy atom. The van der Waals surface area contributed by atoms with E-state index >= 15 is 0 Å². The maximum absolute atomic E-state index is 12.0. The van der Waals surface area contributed by atoms with E-state index in [1.165, 1.54) is 42.5 Å². The van der Waals surface area contributed by atoms with Gasteiger partial charge in [0.15, 0.2) is 0 Å². The van der Waals surface area contributed by atoms with Gasteiger partial charge >= 0.3 is 0 Å². The minimum absolute atomic E-state index is 0.0126. The zero-order chi connectivity index (χ0) is 16.2. The SMILES string of the molecule is Nc1ccc(S(=O)(=O)NN=Cc2ccccc2[N+](=O)[O-])cc1. The lowest BCUT2D eigenvalue weighted by molar-refractivity contribution is -0.385. The normalized spacial score (nSPS) is 11.5. The Balaban J connectivity index is 2.19. The fourth-order valence-corrected chi connectivity index (χ4v) is 2.42. The van der Waals surface area contributed by atoms with E-state index in [0.29, 0.717) is 5.69 Å². The van der Waals surface area contributed by atoms with Crippen molar-refractivity contribution in [1.82, 2.24) is 4.83 Å². The molecule has 0 unspecified atom stereocenters. The number of nitro benzene ring substituents is 1. The molecule has 22 heavy (non-hydrogen) atoms. The van der Waals surface area contributed by atoms with Gasteiger partial charge in [-0.15, -0.1) is 0 Å². The second kappa shape index (κ2) is 6.22. The second-order valence-electron chi connectivity index (χ2n) is 4.24. The predicted octanol–water partition coefficient (Wildman–Crippen LogP) is 1.49. The molecule has 0 radical (unpaired) electrons. The molecule has 0 bridgehead atoms. The number of benzene rings is 2. The van der Waals surface area contributed by atoms with Crippen molar-refractivity contribution < 1.29 is 13.3 Å². The van der Waals surface area contributed by atoms with Crippen LogP contribution in [0, 0.1) is 10.1 Å². The molecule has 0 aliphatic rings. The number of nitrogens with two attached hydrogens (primary N) is 1. The number of hydrogen-bond donors (Lipinski definition) is 2. The van der Waals surface area contributed by atoms with Crippen LogP contribution in [0.25, 0.3) is 0 Å². The number of hydrazone groups is 1. The summed E-state index contributed by atoms with van der Waals surface area (Å²) in [6.07, 6.45) is 1.08. The van der Waals surface area contributed by atoms with Gasteiger partial charge in [-0.2, -0.15) is 13.5 Å². The van der Waals surface area contributed by atoms with E-state index in [1.807, 2.05) is 4.83 Å². The van der Waals surface area contributed by atoms with Gasteiger partial charge < -0.3 is 5.73 Å². The molecule has 0 saturated heterocycles. The van der Waals surface area contributed by atoms with Crippen LogP contribution in [0.3, 0.4) is 0 Å². The van der Waals surface area contributed by atoms with Crippen molar-refractivity contribution in [1.29, 1.82) is 0 Å². The van der Waals surface area contributed by atoms with Gasteiger partial charge in [0, 0.05) is 11.8 Å². The number of nitro groups is 1. The van der Waals surface area contributed by atoms with E-state index in [9.17, 15) is 18.5 Å². The highest BCUT2D eigenvalue weighted by atomic mass is 32.2. The summed E-state index contributed by atoms with van der Waals surface area (Å²) in [5.74, 6) is 0. The summed E-state index contributed by atoms with van der Waals surface area (Å²) in [5, 5.41) is 14.4. The molecule has 0 aliphatic carbocycles. The molecule has 2 aromatic carbocycles. The van der Waals surface area contributed by atoms with Crippen molar-refractivity contribution in [3.8, 4) is 0 Å². The molecule has 0 heterocycles. The van der Waals surface area contributed by atoms with Crippen molar-refractivity contribution in [2.75, 3.05) is 5.73 Å². The minimum Gasteiger partial charge on any atom is -0.399 e. The third-order valence-electron chi connectivity index (χ3n) is 2.70. The highest BCUT2D eigenvalue weighted by Crippen LogP contribution is 2.15. The number of hydrogen-bond acceptors (Lipinski definition) is 6. The lowest BCUT2D eigenvalue weighted by Crippen LogP contribution is -2.18. The summed E-state index contributed by atoms with van der Waals surface area (Å²) < 4.78 is 23.9. The number of anilines is 1. The van der Waals surface area contributed by atoms with Crippen LogP contribution in [-0.4, -0.2) is 19.6 Å². The molecule has 114 valence electrons. The van der Waals surface area contributed by atoms with Crippen LogP contribution in [0.2, 0.25) is 0 Å². The Morgan fingerprint density at radius 2 is 1.77 bits per heavy atom. The van der Waals surface area contributed by atoms with Crippen molar-refractivity contribution in [2.24, 2.45) is 5.10 Å². The average molecular weight is 320 g/mol. The quantitative estimate of drug-likeness (QED) is 0.373. The predicted molar refractivity (Wildman–Crippen MR) is 81.9 cm³/mol. The number of sulfonamides is 1. The highest BCUT2D eigenvalue weighted by Gasteiger charge is 2.13. The van der Waals surface area contributed by atoms with Gasteiger partial charge in [0.2, 0.25) is 0 Å². The van der Waals surface area contributed by atoms with Crippen LogP contribution in [-0.2, 0) is 10.0 Å². The topological polar surface area (TPSA) is 128 Å². The first-order chi connectivity index (χ1) is 10.4. The van der Waals surface area contributed by atoms with Crippen LogP contribution >= 0.6 is 0 Å². The monoisotopic (exact) mass is 320 g/mol. The summed E-state index contributed by atoms with van der Waals surface area (Å²) in [4.78, 5) is 12.2. The Bertz CT molecular complexity index is 816. The number of nitrogens with zero attached hydrogens (tertiary/aromatic N) is 2. The van der Waals surface area contributed by atoms with Gasteiger partial charge in [0.1, 0.15) is 0 Å². The Morgan fingerprint density at radius 3 is 2.41 bits per heavy atom. The number of rotatable bonds is 5. The van der Waals surface area contributed by atoms with E-state index in [0.717, 1.165) is 6.21 Å². The van der Waals surface area contributed by atoms with E-state index in [-0.39, 0.29) is 16.1 Å². The van der Waals surface area contributed by atoms with E-state index in [1.54, 1.807) is 6.07 Å². The van der Waals surface area contributed by atoms with Gasteiger partial charge in [-0.3, -0.25) is 10.1 Å². The summed E-state index contributed by atoms with van der Waals surface area (Å²) >= 11 is 0. The molecule has 0 aromatic heterocycles. The van der Waals surface area contributed by atoms with Crippen molar-refractivity contribution in [3.63, 3.8) is 0 Å². The third kappa shape index (κ3) is 3.58. The summed E-state index contributed by atoms with van der Waals surface area (Å²) in [7, 11) is -3.85. The lowest BCUT2D eigenvalue weighted by atomic mass is 10.2. The summed E-state index contributed by atoms with van der Waals surface area (Å²) in [6.45, 7) is 0. The molecule has 2 rings (SSSR count). The molecular weight excluding hydrogens is 308 g/mol. The first kappa shape index (κ1) is 15.4. The summed E-state index contributed by atoms with van der Waals surface area (Å²) in [5.41, 5.74) is 5.93. The third-order valence-corrected chi connectivity index (χ3v) is 3.94. The molecule has 8 nitrogen and oxygen atoms in total. The Hall–Kier alpha value is -2.94. The zero-order valence-electron chi connectivity index (χ0n) is 11.2. The molecule has 2 aromatic rings. The van der Waals surface area contributed by atoms with Crippen LogP contribution in [0.5, 0.6) is 0 Å². The molecular formula is C13H12N4O4S. The molecule has 9 heteroatoms. The van der Waals surface area contributed by atoms with Crippen LogP contribution < -0.4 is 10.6 Å². The summed E-state index contributed by atoms with van der Waals surface area (Å²) in [6, 6.07) is 11.4. The van der Waals surface area contributed by atoms with Gasteiger partial charge in [-0.1, -0.05) is 12.1 Å². The number of nitrogens with one attached hydrogen (secondary N) is 1. The fraction of sp³-hybridized carbons (Fsp3) is 0. The second-order valence-corrected chi connectivity index (χ2v) is 5.90. The largest absolute Gasteiger partial charge is 0.399 e. The average Bonchev–Trinajstić information content (AvgIpc) is 2.48. The van der Waals surface area contributed by atoms with E-state index < -0.39 is 14.9 Å². The zero-order valence-corrected chi connectivity index (χ0v) is 12.0. The van der Waals surface area contributed by atoms with Crippen LogP contribution in [0.4, 0.5) is 11.4 Å². The lowest BCUT2D eigenvalue weighted by Gasteiger charge is -2.03. The van der Waals surface area contributed by atoms with E-state index in [4.69, 9.17) is 5.73 Å². The van der Waals surface area contributed by atoms with Crippen LogP contribution in [0.15, 0.2) is 58.5 Å². The molecule has 0 atom stereocenters. The molecule has 3 N–H and O–H groups in total. The van der Waals surface area contributed by atoms with Gasteiger partial charge in [-0.05, 0) is 30.3 Å². The molecule has 0 amide bonds. The first-order valence-corrected chi connectivity index (χ1v) is 7.52. The molecule has 0 aliphatic heterocycles. The van der Waals surface area contributed by atoms with Crippen molar-refractivity contribution >= 4 is 27.6 Å². The van der Waals surface area contributed by atoms with Gasteiger partial charge in [-0.25, -0.2) is 4.83 Å². The smallest absolute Gasteiger partial charge is 0.278 e. The minimum atomic E-state index is -3.85. The molecule has 0 saturated carbocycles. The maximum Gasteiger partial charge on any atom is 0.278 e. The standard InChI is InChI=1S/C13H12N4O4S/c14-11-5-7-12(8-6-11)22(20,21)16-15-9-10-3-1-2-4-13(10)17(18)19/h1-9,16H,14H2. The highest BCUT2D eigenvalue weighted by molar-refractivity contribution is 7.89. The van der Waals surface area contributed by atoms with Gasteiger partial charge in [0.05, 0.1) is 21.6 Å². The Labute approximate surface area is 126 Å². The molecule has 0 spiro atoms. The number of para-hydroxylation sites is 1. The van der Waals surface area contributed by atoms with Gasteiger partial charge in [0.25, 0.3) is 15.7 Å². The fourth-order valence-electron chi connectivity index (χ4n) is 1.63. The van der Waals surface area contributed by atoms with Crippen molar-refractivity contribution in [3.05, 3.63) is 64.2 Å². The first-order valence-electron chi connectivity index (χ1n) is 6.04. The number of nitrogen functional groups attached to an aromatic ring is 1. The maximum atomic E-state index is 12.0. The van der Waals surface area contributed by atoms with E-state index in [2.05, 4.69) is 5.10 Å². The van der Waals surface area contributed by atoms with Crippen molar-refractivity contribution in [2.45, 2.75) is 4.90 Å².